The van der Waals surface area contributed by atoms with Crippen molar-refractivity contribution in [3.05, 3.63) is 34.4 Å². The molecule has 2 N–H and O–H groups in total. The van der Waals surface area contributed by atoms with E-state index in [2.05, 4.69) is 10.3 Å². The second-order valence-electron chi connectivity index (χ2n) is 7.10. The Kier molecular flexibility index (Phi) is 5.59. The van der Waals surface area contributed by atoms with Crippen LogP contribution in [0, 0.1) is 5.92 Å². The number of aromatic amines is 1. The number of hydrogen-bond acceptors (Lipinski definition) is 3. The molecular weight excluding hydrogens is 361 g/mol. The first-order valence-corrected chi connectivity index (χ1v) is 8.98. The molecule has 1 saturated heterocycles. The molecule has 1 aliphatic heterocycles. The Bertz CT molecular complexity index is 864. The van der Waals surface area contributed by atoms with Crippen LogP contribution in [0.4, 0.5) is 13.2 Å². The molecule has 0 bridgehead atoms. The van der Waals surface area contributed by atoms with Gasteiger partial charge in [-0.15, -0.1) is 0 Å². The second kappa shape index (κ2) is 7.75. The number of carbonyl (C=O) groups excluding carboxylic acids is 1. The number of nitrogens with zero attached hydrogens (tertiary/aromatic N) is 2. The molecule has 3 rings (SSSR count). The predicted molar refractivity (Wildman–Crippen MR) is 95.7 cm³/mol. The predicted octanol–water partition coefficient (Wildman–Crippen LogP) is 2.26. The second-order valence-corrected chi connectivity index (χ2v) is 7.10. The number of amides is 1. The van der Waals surface area contributed by atoms with Crippen molar-refractivity contribution in [3.8, 4) is 0 Å². The van der Waals surface area contributed by atoms with Crippen LogP contribution in [-0.4, -0.2) is 52.7 Å². The minimum Gasteiger partial charge on any atom is -0.357 e. The van der Waals surface area contributed by atoms with Gasteiger partial charge in [0.25, 0.3) is 11.5 Å². The fourth-order valence-corrected chi connectivity index (χ4v) is 3.62. The zero-order valence-corrected chi connectivity index (χ0v) is 15.1. The summed E-state index contributed by atoms with van der Waals surface area (Å²) in [7, 11) is 1.59. The highest BCUT2D eigenvalue weighted by molar-refractivity contribution is 6.05. The summed E-state index contributed by atoms with van der Waals surface area (Å²) in [6.45, 7) is 0.471. The Morgan fingerprint density at radius 2 is 2.04 bits per heavy atom. The molecule has 0 aromatic carbocycles. The van der Waals surface area contributed by atoms with Crippen molar-refractivity contribution >= 4 is 16.8 Å². The lowest BCUT2D eigenvalue weighted by molar-refractivity contribution is -0.148. The van der Waals surface area contributed by atoms with Crippen molar-refractivity contribution in [2.75, 3.05) is 26.2 Å². The van der Waals surface area contributed by atoms with Crippen LogP contribution in [0.5, 0.6) is 0 Å². The monoisotopic (exact) mass is 384 g/mol. The number of rotatable bonds is 5. The van der Waals surface area contributed by atoms with E-state index in [1.165, 1.54) is 15.7 Å². The first-order valence-electron chi connectivity index (χ1n) is 8.98. The molecule has 6 nitrogen and oxygen atoms in total. The topological polar surface area (TPSA) is 70.1 Å². The molecule has 0 saturated carbocycles. The van der Waals surface area contributed by atoms with E-state index >= 15 is 0 Å². The fourth-order valence-electron chi connectivity index (χ4n) is 3.62. The molecule has 0 radical (unpaired) electrons. The van der Waals surface area contributed by atoms with E-state index in [4.69, 9.17) is 0 Å². The Hall–Kier alpha value is -2.29. The van der Waals surface area contributed by atoms with Crippen LogP contribution in [0.3, 0.4) is 0 Å². The van der Waals surface area contributed by atoms with E-state index in [9.17, 15) is 22.8 Å². The van der Waals surface area contributed by atoms with Crippen molar-refractivity contribution in [3.63, 3.8) is 0 Å². The third kappa shape index (κ3) is 4.71. The largest absolute Gasteiger partial charge is 0.401 e. The summed E-state index contributed by atoms with van der Waals surface area (Å²) in [6.07, 6.45) is 1.12. The van der Waals surface area contributed by atoms with Gasteiger partial charge in [0.2, 0.25) is 0 Å². The minimum absolute atomic E-state index is 0.197. The SMILES string of the molecule is Cn1cc(C(=O)NCCC2CCN(CC(F)(F)F)CC2)c2cc[nH]c2c1=O. The standard InChI is InChI=1S/C18H23F3N4O2/c1-24-10-14(13-3-7-22-15(13)17(24)27)16(26)23-6-2-12-4-8-25(9-5-12)11-18(19,20)21/h3,7,10,12,22H,2,4-6,8-9,11H2,1H3,(H,23,26). The Labute approximate surface area is 154 Å². The summed E-state index contributed by atoms with van der Waals surface area (Å²) >= 11 is 0. The lowest BCUT2D eigenvalue weighted by Gasteiger charge is -2.32. The molecule has 0 aliphatic carbocycles. The van der Waals surface area contributed by atoms with Gasteiger partial charge in [-0.25, -0.2) is 0 Å². The molecule has 1 fully saturated rings. The number of fused-ring (bicyclic) bond motifs is 1. The van der Waals surface area contributed by atoms with Crippen molar-refractivity contribution in [1.29, 1.82) is 0 Å². The number of aryl methyl sites for hydroxylation is 1. The van der Waals surface area contributed by atoms with Gasteiger partial charge >= 0.3 is 6.18 Å². The maximum atomic E-state index is 12.5. The molecule has 27 heavy (non-hydrogen) atoms. The number of pyridine rings is 1. The molecule has 2 aromatic rings. The summed E-state index contributed by atoms with van der Waals surface area (Å²) in [6, 6.07) is 1.70. The molecule has 0 atom stereocenters. The average molecular weight is 384 g/mol. The van der Waals surface area contributed by atoms with Gasteiger partial charge in [0.05, 0.1) is 12.1 Å². The van der Waals surface area contributed by atoms with Crippen LogP contribution in [0.2, 0.25) is 0 Å². The summed E-state index contributed by atoms with van der Waals surface area (Å²) in [5, 5.41) is 3.44. The first-order chi connectivity index (χ1) is 12.7. The third-order valence-electron chi connectivity index (χ3n) is 5.09. The highest BCUT2D eigenvalue weighted by Gasteiger charge is 2.32. The van der Waals surface area contributed by atoms with Gasteiger partial charge in [-0.3, -0.25) is 14.5 Å². The third-order valence-corrected chi connectivity index (χ3v) is 5.09. The Balaban J connectivity index is 1.51. The molecule has 0 spiro atoms. The van der Waals surface area contributed by atoms with Crippen LogP contribution in [0.25, 0.3) is 10.9 Å². The molecule has 2 aromatic heterocycles. The van der Waals surface area contributed by atoms with Crippen LogP contribution in [0.1, 0.15) is 29.6 Å². The number of aromatic nitrogens is 2. The average Bonchev–Trinajstić information content (AvgIpc) is 3.08. The van der Waals surface area contributed by atoms with Crippen molar-refractivity contribution in [2.45, 2.75) is 25.4 Å². The fraction of sp³-hybridized carbons (Fsp3) is 0.556. The quantitative estimate of drug-likeness (QED) is 0.831. The number of carbonyl (C=O) groups is 1. The normalized spacial score (nSPS) is 16.7. The van der Waals surface area contributed by atoms with Crippen molar-refractivity contribution in [2.24, 2.45) is 13.0 Å². The van der Waals surface area contributed by atoms with Gasteiger partial charge < -0.3 is 14.9 Å². The van der Waals surface area contributed by atoms with E-state index in [0.29, 0.717) is 54.9 Å². The summed E-state index contributed by atoms with van der Waals surface area (Å²) in [4.78, 5) is 28.8. The maximum absolute atomic E-state index is 12.5. The number of halogens is 3. The molecule has 0 unspecified atom stereocenters. The first kappa shape index (κ1) is 19.5. The summed E-state index contributed by atoms with van der Waals surface area (Å²) in [5.74, 6) is 0.0481. The van der Waals surface area contributed by atoms with Crippen LogP contribution in [-0.2, 0) is 7.05 Å². The van der Waals surface area contributed by atoms with Gasteiger partial charge in [0.1, 0.15) is 5.52 Å². The van der Waals surface area contributed by atoms with Crippen LogP contribution >= 0.6 is 0 Å². The number of nitrogens with one attached hydrogen (secondary N) is 2. The van der Waals surface area contributed by atoms with Gasteiger partial charge in [-0.1, -0.05) is 0 Å². The van der Waals surface area contributed by atoms with Crippen LogP contribution < -0.4 is 10.9 Å². The van der Waals surface area contributed by atoms with E-state index in [1.54, 1.807) is 19.3 Å². The minimum atomic E-state index is -4.15. The number of piperidine rings is 1. The van der Waals surface area contributed by atoms with Gasteiger partial charge in [0, 0.05) is 31.4 Å². The van der Waals surface area contributed by atoms with Gasteiger partial charge in [-0.2, -0.15) is 13.2 Å². The molecular formula is C18H23F3N4O2. The van der Waals surface area contributed by atoms with E-state index < -0.39 is 12.7 Å². The molecule has 148 valence electrons. The number of likely N-dealkylation sites (tertiary alicyclic amines) is 1. The van der Waals surface area contributed by atoms with E-state index in [-0.39, 0.29) is 11.5 Å². The molecule has 3 heterocycles. The lowest BCUT2D eigenvalue weighted by Crippen LogP contribution is -2.40. The van der Waals surface area contributed by atoms with Crippen molar-refractivity contribution in [1.82, 2.24) is 19.8 Å². The number of H-pyrrole nitrogens is 1. The zero-order chi connectivity index (χ0) is 19.6. The van der Waals surface area contributed by atoms with Gasteiger partial charge in [-0.05, 0) is 44.3 Å². The molecule has 1 amide bonds. The number of hydrogen-bond donors (Lipinski definition) is 2. The Morgan fingerprint density at radius 1 is 1.33 bits per heavy atom. The van der Waals surface area contributed by atoms with Crippen LogP contribution in [0.15, 0.2) is 23.3 Å². The van der Waals surface area contributed by atoms with Crippen molar-refractivity contribution < 1.29 is 18.0 Å². The lowest BCUT2D eigenvalue weighted by atomic mass is 9.93. The molecule has 1 aliphatic rings. The van der Waals surface area contributed by atoms with E-state index in [1.807, 2.05) is 0 Å². The zero-order valence-electron chi connectivity index (χ0n) is 15.1. The highest BCUT2D eigenvalue weighted by atomic mass is 19.4. The molecule has 9 heteroatoms. The van der Waals surface area contributed by atoms with Gasteiger partial charge in [0.15, 0.2) is 0 Å². The summed E-state index contributed by atoms with van der Waals surface area (Å²) < 4.78 is 38.6. The summed E-state index contributed by atoms with van der Waals surface area (Å²) in [5.41, 5.74) is 0.618. The maximum Gasteiger partial charge on any atom is 0.401 e. The Morgan fingerprint density at radius 3 is 2.70 bits per heavy atom. The van der Waals surface area contributed by atoms with E-state index in [0.717, 1.165) is 6.42 Å². The highest BCUT2D eigenvalue weighted by Crippen LogP contribution is 2.24. The number of alkyl halides is 3. The smallest absolute Gasteiger partial charge is 0.357 e.